The van der Waals surface area contributed by atoms with Crippen LogP contribution in [-0.2, 0) is 0 Å². The van der Waals surface area contributed by atoms with Crippen LogP contribution in [0.15, 0.2) is 36.7 Å². The van der Waals surface area contributed by atoms with E-state index in [0.717, 1.165) is 17.4 Å². The van der Waals surface area contributed by atoms with Crippen LogP contribution in [0.5, 0.6) is 5.75 Å². The molecule has 136 valence electrons. The average molecular weight is 348 g/mol. The van der Waals surface area contributed by atoms with E-state index in [1.54, 1.807) is 19.5 Å². The number of methoxy groups -OCH3 is 1. The lowest BCUT2D eigenvalue weighted by Gasteiger charge is -2.28. The molecule has 0 aliphatic heterocycles. The molecule has 1 aliphatic carbocycles. The molecule has 0 spiro atoms. The molecule has 0 radical (unpaired) electrons. The average Bonchev–Trinajstić information content (AvgIpc) is 2.72. The normalized spacial score (nSPS) is 19.5. The maximum atomic E-state index is 5.06. The van der Waals surface area contributed by atoms with Gasteiger partial charge >= 0.3 is 0 Å². The zero-order valence-corrected chi connectivity index (χ0v) is 15.9. The summed E-state index contributed by atoms with van der Waals surface area (Å²) in [5, 5.41) is 0. The molecule has 3 rings (SSSR count). The van der Waals surface area contributed by atoms with Gasteiger partial charge in [-0.25, -0.2) is 9.97 Å². The van der Waals surface area contributed by atoms with E-state index in [0.29, 0.717) is 11.6 Å². The van der Waals surface area contributed by atoms with Gasteiger partial charge in [0.1, 0.15) is 0 Å². The van der Waals surface area contributed by atoms with Gasteiger partial charge in [0.05, 0.1) is 19.5 Å². The number of ether oxygens (including phenoxy) is 1. The highest BCUT2D eigenvalue weighted by atomic mass is 16.5. The Morgan fingerprint density at radius 3 is 2.31 bits per heavy atom. The van der Waals surface area contributed by atoms with Gasteiger partial charge in [0.25, 0.3) is 0 Å². The summed E-state index contributed by atoms with van der Waals surface area (Å²) in [5.41, 5.74) is 2.47. The van der Waals surface area contributed by atoms with E-state index < -0.39 is 0 Å². The van der Waals surface area contributed by atoms with Gasteiger partial charge in [0, 0.05) is 5.56 Å². The second kappa shape index (κ2) is 9.38. The Hall–Kier alpha value is -2.34. The lowest BCUT2D eigenvalue weighted by Crippen LogP contribution is -2.13. The van der Waals surface area contributed by atoms with Gasteiger partial charge in [0.15, 0.2) is 5.75 Å². The largest absolute Gasteiger partial charge is 0.494 e. The van der Waals surface area contributed by atoms with Crippen LogP contribution in [0.4, 0.5) is 0 Å². The summed E-state index contributed by atoms with van der Waals surface area (Å²) in [7, 11) is 1.60. The minimum absolute atomic E-state index is 0.514. The molecule has 1 saturated carbocycles. The molecule has 0 atom stereocenters. The Labute approximate surface area is 157 Å². The maximum absolute atomic E-state index is 5.06. The highest BCUT2D eigenvalue weighted by Gasteiger charge is 2.21. The fourth-order valence-corrected chi connectivity index (χ4v) is 3.73. The van der Waals surface area contributed by atoms with Crippen molar-refractivity contribution in [2.45, 2.75) is 57.8 Å². The molecule has 1 aromatic heterocycles. The lowest BCUT2D eigenvalue weighted by molar-refractivity contribution is 0.304. The van der Waals surface area contributed by atoms with E-state index >= 15 is 0 Å². The quantitative estimate of drug-likeness (QED) is 0.683. The third kappa shape index (κ3) is 5.08. The molecular formula is C23H28N2O. The van der Waals surface area contributed by atoms with E-state index in [4.69, 9.17) is 4.74 Å². The molecule has 0 amide bonds. The van der Waals surface area contributed by atoms with Crippen molar-refractivity contribution in [2.75, 3.05) is 7.11 Å². The predicted octanol–water partition coefficient (Wildman–Crippen LogP) is 5.35. The van der Waals surface area contributed by atoms with Crippen LogP contribution in [0.2, 0.25) is 0 Å². The van der Waals surface area contributed by atoms with E-state index in [-0.39, 0.29) is 0 Å². The first kappa shape index (κ1) is 18.5. The Morgan fingerprint density at radius 2 is 1.69 bits per heavy atom. The van der Waals surface area contributed by atoms with Crippen LogP contribution < -0.4 is 4.74 Å². The zero-order valence-electron chi connectivity index (χ0n) is 15.9. The number of rotatable bonds is 5. The fraction of sp³-hybridized carbons (Fsp3) is 0.478. The summed E-state index contributed by atoms with van der Waals surface area (Å²) in [4.78, 5) is 8.35. The first-order chi connectivity index (χ1) is 12.8. The Balaban J connectivity index is 1.56. The van der Waals surface area contributed by atoms with Gasteiger partial charge in [-0.2, -0.15) is 0 Å². The number of hydrogen-bond donors (Lipinski definition) is 0. The molecule has 1 aromatic carbocycles. The molecule has 3 heteroatoms. The summed E-state index contributed by atoms with van der Waals surface area (Å²) in [6.07, 6.45) is 12.9. The van der Waals surface area contributed by atoms with Gasteiger partial charge in [-0.05, 0) is 61.1 Å². The first-order valence-electron chi connectivity index (χ1n) is 9.76. The van der Waals surface area contributed by atoms with E-state index in [1.807, 2.05) is 0 Å². The van der Waals surface area contributed by atoms with E-state index in [1.165, 1.54) is 50.5 Å². The van der Waals surface area contributed by atoms with Gasteiger partial charge in [-0.1, -0.05) is 44.2 Å². The minimum Gasteiger partial charge on any atom is -0.494 e. The van der Waals surface area contributed by atoms with Crippen LogP contribution in [0, 0.1) is 17.8 Å². The molecular weight excluding hydrogens is 320 g/mol. The smallest absolute Gasteiger partial charge is 0.205 e. The molecule has 1 aliphatic rings. The van der Waals surface area contributed by atoms with Crippen LogP contribution >= 0.6 is 0 Å². The summed E-state index contributed by atoms with van der Waals surface area (Å²) >= 11 is 0. The SMILES string of the molecule is CCCC[C@H]1CC[C@H](c2ccc(C#Cc3ncc(OC)cn3)cc2)CC1. The van der Waals surface area contributed by atoms with Crippen LogP contribution in [0.3, 0.4) is 0 Å². The topological polar surface area (TPSA) is 35.0 Å². The minimum atomic E-state index is 0.514. The zero-order chi connectivity index (χ0) is 18.2. The van der Waals surface area contributed by atoms with E-state index in [2.05, 4.69) is 53.0 Å². The van der Waals surface area contributed by atoms with Crippen LogP contribution in [0.1, 0.15) is 74.7 Å². The standard InChI is InChI=1S/C23H28N2O/c1-3-4-5-18-6-11-20(12-7-18)21-13-8-19(9-14-21)10-15-23-24-16-22(26-2)17-25-23/h8-9,13-14,16-18,20H,3-7,11-12H2,1-2H3/t18-,20-. The van der Waals surface area contributed by atoms with Gasteiger partial charge < -0.3 is 4.74 Å². The number of unbranched alkanes of at least 4 members (excludes halogenated alkanes) is 1. The second-order valence-electron chi connectivity index (χ2n) is 7.18. The lowest BCUT2D eigenvalue weighted by atomic mass is 9.77. The Morgan fingerprint density at radius 1 is 1.00 bits per heavy atom. The molecule has 26 heavy (non-hydrogen) atoms. The van der Waals surface area contributed by atoms with Crippen molar-refractivity contribution >= 4 is 0 Å². The third-order valence-corrected chi connectivity index (χ3v) is 5.38. The van der Waals surface area contributed by atoms with Crippen molar-refractivity contribution < 1.29 is 4.74 Å². The molecule has 3 nitrogen and oxygen atoms in total. The number of aromatic nitrogens is 2. The highest BCUT2D eigenvalue weighted by Crippen LogP contribution is 2.37. The van der Waals surface area contributed by atoms with Gasteiger partial charge in [-0.3, -0.25) is 0 Å². The Kier molecular flexibility index (Phi) is 6.66. The second-order valence-corrected chi connectivity index (χ2v) is 7.18. The van der Waals surface area contributed by atoms with Crippen molar-refractivity contribution in [3.05, 3.63) is 53.6 Å². The molecule has 1 fully saturated rings. The highest BCUT2D eigenvalue weighted by molar-refractivity contribution is 5.40. The van der Waals surface area contributed by atoms with Crippen molar-refractivity contribution in [3.63, 3.8) is 0 Å². The maximum Gasteiger partial charge on any atom is 0.205 e. The molecule has 2 aromatic rings. The molecule has 1 heterocycles. The van der Waals surface area contributed by atoms with Crippen molar-refractivity contribution in [1.82, 2.24) is 9.97 Å². The Bertz CT molecular complexity index is 733. The molecule has 0 unspecified atom stereocenters. The number of nitrogens with zero attached hydrogens (tertiary/aromatic N) is 2. The van der Waals surface area contributed by atoms with Gasteiger partial charge in [0.2, 0.25) is 5.82 Å². The molecule has 0 N–H and O–H groups in total. The van der Waals surface area contributed by atoms with Crippen molar-refractivity contribution in [2.24, 2.45) is 5.92 Å². The predicted molar refractivity (Wildman–Crippen MR) is 105 cm³/mol. The first-order valence-corrected chi connectivity index (χ1v) is 9.76. The molecule has 0 saturated heterocycles. The summed E-state index contributed by atoms with van der Waals surface area (Å²) in [5.74, 6) is 8.99. The van der Waals surface area contributed by atoms with Crippen LogP contribution in [0.25, 0.3) is 0 Å². The van der Waals surface area contributed by atoms with Gasteiger partial charge in [-0.15, -0.1) is 0 Å². The fourth-order valence-electron chi connectivity index (χ4n) is 3.73. The van der Waals surface area contributed by atoms with Crippen molar-refractivity contribution in [1.29, 1.82) is 0 Å². The summed E-state index contributed by atoms with van der Waals surface area (Å²) in [6, 6.07) is 8.73. The monoisotopic (exact) mass is 348 g/mol. The number of benzene rings is 1. The summed E-state index contributed by atoms with van der Waals surface area (Å²) in [6.45, 7) is 2.29. The number of hydrogen-bond acceptors (Lipinski definition) is 3. The van der Waals surface area contributed by atoms with Crippen LogP contribution in [-0.4, -0.2) is 17.1 Å². The molecule has 0 bridgehead atoms. The van der Waals surface area contributed by atoms with E-state index in [9.17, 15) is 0 Å². The third-order valence-electron chi connectivity index (χ3n) is 5.38. The summed E-state index contributed by atoms with van der Waals surface area (Å²) < 4.78 is 5.06. The van der Waals surface area contributed by atoms with Crippen molar-refractivity contribution in [3.8, 4) is 17.6 Å².